The Morgan fingerprint density at radius 2 is 2.26 bits per heavy atom. The molecule has 0 fully saturated rings. The van der Waals surface area contributed by atoms with Gasteiger partial charge in [0.15, 0.2) is 5.75 Å². The molecule has 0 aromatic heterocycles. The molecule has 0 aliphatic heterocycles. The van der Waals surface area contributed by atoms with Gasteiger partial charge in [0.25, 0.3) is 0 Å². The molecule has 0 heterocycles. The zero-order chi connectivity index (χ0) is 14.1. The van der Waals surface area contributed by atoms with Gasteiger partial charge in [-0.1, -0.05) is 13.0 Å². The lowest BCUT2D eigenvalue weighted by Crippen LogP contribution is -2.06. The SMILES string of the molecule is CCSCCCOc1ccc(CNC)cc1[N+](=O)[O-]. The Labute approximate surface area is 117 Å². The van der Waals surface area contributed by atoms with Crippen molar-refractivity contribution in [3.8, 4) is 5.75 Å². The van der Waals surface area contributed by atoms with Crippen molar-refractivity contribution in [2.24, 2.45) is 0 Å². The lowest BCUT2D eigenvalue weighted by molar-refractivity contribution is -0.385. The van der Waals surface area contributed by atoms with E-state index in [4.69, 9.17) is 4.74 Å². The topological polar surface area (TPSA) is 64.4 Å². The number of nitro benzene ring substituents is 1. The van der Waals surface area contributed by atoms with Crippen LogP contribution in [0.15, 0.2) is 18.2 Å². The van der Waals surface area contributed by atoms with Crippen molar-refractivity contribution < 1.29 is 9.66 Å². The second-order valence-electron chi connectivity index (χ2n) is 3.99. The fourth-order valence-corrected chi connectivity index (χ4v) is 2.24. The number of nitrogens with zero attached hydrogens (tertiary/aromatic N) is 1. The third-order valence-corrected chi connectivity index (χ3v) is 3.48. The van der Waals surface area contributed by atoms with Crippen LogP contribution >= 0.6 is 11.8 Å². The second-order valence-corrected chi connectivity index (χ2v) is 5.38. The van der Waals surface area contributed by atoms with Crippen molar-refractivity contribution in [1.82, 2.24) is 5.32 Å². The maximum Gasteiger partial charge on any atom is 0.311 e. The van der Waals surface area contributed by atoms with Gasteiger partial charge in [-0.05, 0) is 36.6 Å². The van der Waals surface area contributed by atoms with Crippen molar-refractivity contribution >= 4 is 17.4 Å². The maximum absolute atomic E-state index is 11.0. The largest absolute Gasteiger partial charge is 0.487 e. The van der Waals surface area contributed by atoms with E-state index in [0.29, 0.717) is 18.9 Å². The first-order chi connectivity index (χ1) is 9.19. The molecule has 6 heteroatoms. The Kier molecular flexibility index (Phi) is 7.28. The molecular formula is C13H20N2O3S. The molecule has 0 bridgehead atoms. The first-order valence-electron chi connectivity index (χ1n) is 6.31. The van der Waals surface area contributed by atoms with Crippen LogP contribution in [0.5, 0.6) is 5.75 Å². The fourth-order valence-electron chi connectivity index (χ4n) is 1.63. The van der Waals surface area contributed by atoms with Gasteiger partial charge in [0.2, 0.25) is 0 Å². The summed E-state index contributed by atoms with van der Waals surface area (Å²) >= 11 is 1.84. The summed E-state index contributed by atoms with van der Waals surface area (Å²) in [7, 11) is 1.81. The molecule has 0 saturated heterocycles. The van der Waals surface area contributed by atoms with E-state index < -0.39 is 4.92 Å². The minimum absolute atomic E-state index is 0.0379. The minimum atomic E-state index is -0.394. The molecule has 0 radical (unpaired) electrons. The highest BCUT2D eigenvalue weighted by atomic mass is 32.2. The van der Waals surface area contributed by atoms with E-state index in [9.17, 15) is 10.1 Å². The van der Waals surface area contributed by atoms with Crippen molar-refractivity contribution in [2.45, 2.75) is 19.9 Å². The summed E-state index contributed by atoms with van der Waals surface area (Å²) in [5, 5.41) is 14.0. The number of hydrogen-bond acceptors (Lipinski definition) is 5. The Morgan fingerprint density at radius 1 is 1.47 bits per heavy atom. The van der Waals surface area contributed by atoms with E-state index >= 15 is 0 Å². The number of thioether (sulfide) groups is 1. The molecule has 1 aromatic rings. The van der Waals surface area contributed by atoms with Gasteiger partial charge in [0.05, 0.1) is 11.5 Å². The molecule has 5 nitrogen and oxygen atoms in total. The van der Waals surface area contributed by atoms with Crippen LogP contribution in [-0.2, 0) is 6.54 Å². The Morgan fingerprint density at radius 3 is 2.89 bits per heavy atom. The van der Waals surface area contributed by atoms with E-state index in [1.165, 1.54) is 0 Å². The highest BCUT2D eigenvalue weighted by molar-refractivity contribution is 7.99. The van der Waals surface area contributed by atoms with Gasteiger partial charge in [0, 0.05) is 12.6 Å². The third-order valence-electron chi connectivity index (χ3n) is 2.50. The Bertz CT molecular complexity index is 413. The number of hydrogen-bond donors (Lipinski definition) is 1. The first-order valence-corrected chi connectivity index (χ1v) is 7.47. The fraction of sp³-hybridized carbons (Fsp3) is 0.538. The third kappa shape index (κ3) is 5.48. The van der Waals surface area contributed by atoms with Crippen LogP contribution in [0.25, 0.3) is 0 Å². The number of nitrogens with one attached hydrogen (secondary N) is 1. The van der Waals surface area contributed by atoms with Gasteiger partial charge in [-0.2, -0.15) is 11.8 Å². The van der Waals surface area contributed by atoms with Crippen LogP contribution in [0.3, 0.4) is 0 Å². The first kappa shape index (κ1) is 15.8. The van der Waals surface area contributed by atoms with E-state index in [2.05, 4.69) is 12.2 Å². The zero-order valence-electron chi connectivity index (χ0n) is 11.3. The van der Waals surface area contributed by atoms with Gasteiger partial charge >= 0.3 is 5.69 Å². The molecular weight excluding hydrogens is 264 g/mol. The number of ether oxygens (including phenoxy) is 1. The highest BCUT2D eigenvalue weighted by Gasteiger charge is 2.15. The summed E-state index contributed by atoms with van der Waals surface area (Å²) in [6, 6.07) is 5.09. The van der Waals surface area contributed by atoms with Crippen molar-refractivity contribution in [1.29, 1.82) is 0 Å². The van der Waals surface area contributed by atoms with E-state index in [1.807, 2.05) is 24.9 Å². The summed E-state index contributed by atoms with van der Waals surface area (Å²) in [5.41, 5.74) is 0.916. The molecule has 0 aliphatic carbocycles. The lowest BCUT2D eigenvalue weighted by Gasteiger charge is -2.08. The van der Waals surface area contributed by atoms with Crippen molar-refractivity contribution in [2.75, 3.05) is 25.2 Å². The summed E-state index contributed by atoms with van der Waals surface area (Å²) in [6.45, 7) is 3.23. The van der Waals surface area contributed by atoms with Crippen LogP contribution in [-0.4, -0.2) is 30.1 Å². The number of nitro groups is 1. The smallest absolute Gasteiger partial charge is 0.311 e. The van der Waals surface area contributed by atoms with Crippen molar-refractivity contribution in [3.63, 3.8) is 0 Å². The van der Waals surface area contributed by atoms with E-state index in [-0.39, 0.29) is 5.69 Å². The average molecular weight is 284 g/mol. The van der Waals surface area contributed by atoms with Crippen LogP contribution in [0, 0.1) is 10.1 Å². The molecule has 0 saturated carbocycles. The Balaban J connectivity index is 2.63. The molecule has 0 atom stereocenters. The lowest BCUT2D eigenvalue weighted by atomic mass is 10.2. The maximum atomic E-state index is 11.0. The molecule has 19 heavy (non-hydrogen) atoms. The molecule has 0 aliphatic rings. The monoisotopic (exact) mass is 284 g/mol. The second kappa shape index (κ2) is 8.77. The predicted octanol–water partition coefficient (Wildman–Crippen LogP) is 2.84. The summed E-state index contributed by atoms with van der Waals surface area (Å²) in [6.07, 6.45) is 0.897. The quantitative estimate of drug-likeness (QED) is 0.429. The number of rotatable bonds is 9. The van der Waals surface area contributed by atoms with Gasteiger partial charge in [-0.15, -0.1) is 0 Å². The molecule has 0 amide bonds. The van der Waals surface area contributed by atoms with E-state index in [0.717, 1.165) is 23.5 Å². The zero-order valence-corrected chi connectivity index (χ0v) is 12.2. The molecule has 0 unspecified atom stereocenters. The van der Waals surface area contributed by atoms with Crippen molar-refractivity contribution in [3.05, 3.63) is 33.9 Å². The number of benzene rings is 1. The van der Waals surface area contributed by atoms with Gasteiger partial charge in [-0.3, -0.25) is 10.1 Å². The van der Waals surface area contributed by atoms with Crippen LogP contribution in [0.2, 0.25) is 0 Å². The molecule has 106 valence electrons. The molecule has 1 N–H and O–H groups in total. The highest BCUT2D eigenvalue weighted by Crippen LogP contribution is 2.28. The predicted molar refractivity (Wildman–Crippen MR) is 79.0 cm³/mol. The average Bonchev–Trinajstić information content (AvgIpc) is 2.40. The summed E-state index contributed by atoms with van der Waals surface area (Å²) < 4.78 is 5.50. The van der Waals surface area contributed by atoms with E-state index in [1.54, 1.807) is 12.1 Å². The summed E-state index contributed by atoms with van der Waals surface area (Å²) in [5.74, 6) is 2.45. The summed E-state index contributed by atoms with van der Waals surface area (Å²) in [4.78, 5) is 10.6. The normalized spacial score (nSPS) is 10.4. The molecule has 0 spiro atoms. The van der Waals surface area contributed by atoms with Crippen LogP contribution < -0.4 is 10.1 Å². The minimum Gasteiger partial charge on any atom is -0.487 e. The van der Waals surface area contributed by atoms with Crippen LogP contribution in [0.4, 0.5) is 5.69 Å². The van der Waals surface area contributed by atoms with Gasteiger partial charge < -0.3 is 10.1 Å². The standard InChI is InChI=1S/C13H20N2O3S/c1-3-19-8-4-7-18-13-6-5-11(10-14-2)9-12(13)15(16)17/h5-6,9,14H,3-4,7-8,10H2,1-2H3. The van der Waals surface area contributed by atoms with Gasteiger partial charge in [-0.25, -0.2) is 0 Å². The van der Waals surface area contributed by atoms with Gasteiger partial charge in [0.1, 0.15) is 0 Å². The molecule has 1 rings (SSSR count). The van der Waals surface area contributed by atoms with Crippen LogP contribution in [0.1, 0.15) is 18.9 Å². The molecule has 1 aromatic carbocycles. The Hall–Kier alpha value is -1.27.